The van der Waals surface area contributed by atoms with Gasteiger partial charge in [0.25, 0.3) is 0 Å². The Morgan fingerprint density at radius 2 is 1.88 bits per heavy atom. The van der Waals surface area contributed by atoms with Gasteiger partial charge in [-0.05, 0) is 65.3 Å². The quantitative estimate of drug-likeness (QED) is 0.283. The number of amides is 2. The number of aryl methyl sites for hydroxylation is 1. The number of aromatic nitrogens is 1. The van der Waals surface area contributed by atoms with Crippen molar-refractivity contribution in [1.82, 2.24) is 9.27 Å². The molecule has 0 fully saturated rings. The molecule has 0 atom stereocenters. The maximum atomic E-state index is 13.0. The van der Waals surface area contributed by atoms with Gasteiger partial charge in [-0.2, -0.15) is 9.64 Å². The number of hydrogen-bond acceptors (Lipinski definition) is 6. The maximum Gasteiger partial charge on any atom is 0.338 e. The Labute approximate surface area is 192 Å². The van der Waals surface area contributed by atoms with Crippen molar-refractivity contribution < 1.29 is 14.3 Å². The molecule has 0 saturated heterocycles. The molecule has 8 heteroatoms. The second-order valence-electron chi connectivity index (χ2n) is 7.99. The molecule has 0 aliphatic rings. The van der Waals surface area contributed by atoms with Crippen molar-refractivity contribution in [3.8, 4) is 17.3 Å². The predicted octanol–water partition coefficient (Wildman–Crippen LogP) is 5.44. The lowest BCUT2D eigenvalue weighted by molar-refractivity contribution is 0.0601. The van der Waals surface area contributed by atoms with E-state index in [2.05, 4.69) is 18.2 Å². The van der Waals surface area contributed by atoms with E-state index in [1.165, 1.54) is 25.7 Å². The molecule has 0 radical (unpaired) electrons. The molecule has 7 nitrogen and oxygen atoms in total. The zero-order valence-corrected chi connectivity index (χ0v) is 19.7. The molecule has 1 aromatic heterocycles. The summed E-state index contributed by atoms with van der Waals surface area (Å²) in [6, 6.07) is 11.0. The van der Waals surface area contributed by atoms with E-state index in [4.69, 9.17) is 4.74 Å². The number of rotatable bonds is 6. The third kappa shape index (κ3) is 4.73. The van der Waals surface area contributed by atoms with Gasteiger partial charge in [-0.1, -0.05) is 32.0 Å². The van der Waals surface area contributed by atoms with Gasteiger partial charge in [-0.3, -0.25) is 4.90 Å². The SMILES string of the molecule is COC(=O)c1ccc2cc(-c3c(C)nsc3N(CCC(C)C)C(=O)N(C)C#N)ccc2c1. The highest BCUT2D eigenvalue weighted by molar-refractivity contribution is 7.11. The Morgan fingerprint density at radius 3 is 2.53 bits per heavy atom. The van der Waals surface area contributed by atoms with Crippen molar-refractivity contribution in [2.24, 2.45) is 5.92 Å². The first-order valence-electron chi connectivity index (χ1n) is 10.3. The van der Waals surface area contributed by atoms with Gasteiger partial charge in [-0.25, -0.2) is 14.5 Å². The number of hydrogen-bond donors (Lipinski definition) is 0. The van der Waals surface area contributed by atoms with Gasteiger partial charge in [0.1, 0.15) is 5.00 Å². The van der Waals surface area contributed by atoms with Crippen LogP contribution in [0.15, 0.2) is 36.4 Å². The van der Waals surface area contributed by atoms with E-state index < -0.39 is 0 Å². The monoisotopic (exact) mass is 450 g/mol. The number of esters is 1. The Hall–Kier alpha value is -3.44. The van der Waals surface area contributed by atoms with Gasteiger partial charge in [-0.15, -0.1) is 0 Å². The van der Waals surface area contributed by atoms with E-state index in [0.29, 0.717) is 18.0 Å². The molecule has 1 heterocycles. The van der Waals surface area contributed by atoms with Gasteiger partial charge in [0, 0.05) is 19.2 Å². The smallest absolute Gasteiger partial charge is 0.338 e. The van der Waals surface area contributed by atoms with Crippen LogP contribution in [0.1, 0.15) is 36.3 Å². The molecular weight excluding hydrogens is 424 g/mol. The largest absolute Gasteiger partial charge is 0.465 e. The molecule has 0 aliphatic carbocycles. The van der Waals surface area contributed by atoms with E-state index >= 15 is 0 Å². The number of nitrogens with zero attached hydrogens (tertiary/aromatic N) is 4. The van der Waals surface area contributed by atoms with Crippen LogP contribution in [0.3, 0.4) is 0 Å². The van der Waals surface area contributed by atoms with Crippen LogP contribution < -0.4 is 4.90 Å². The number of carbonyl (C=O) groups excluding carboxylic acids is 2. The highest BCUT2D eigenvalue weighted by Gasteiger charge is 2.26. The normalized spacial score (nSPS) is 10.8. The molecule has 0 N–H and O–H groups in total. The van der Waals surface area contributed by atoms with Gasteiger partial charge in [0.05, 0.1) is 18.4 Å². The molecule has 0 spiro atoms. The zero-order chi connectivity index (χ0) is 23.4. The van der Waals surface area contributed by atoms with Gasteiger partial charge in [0.15, 0.2) is 6.19 Å². The van der Waals surface area contributed by atoms with Crippen molar-refractivity contribution in [2.75, 3.05) is 25.6 Å². The zero-order valence-electron chi connectivity index (χ0n) is 18.9. The number of fused-ring (bicyclic) bond motifs is 1. The van der Waals surface area contributed by atoms with Crippen molar-refractivity contribution in [3.05, 3.63) is 47.7 Å². The highest BCUT2D eigenvalue weighted by Crippen LogP contribution is 2.39. The molecule has 2 amide bonds. The Bertz CT molecular complexity index is 1200. The third-order valence-corrected chi connectivity index (χ3v) is 6.20. The van der Waals surface area contributed by atoms with Crippen molar-refractivity contribution in [1.29, 1.82) is 5.26 Å². The minimum absolute atomic E-state index is 0.374. The molecule has 0 saturated carbocycles. The fraction of sp³-hybridized carbons (Fsp3) is 0.333. The van der Waals surface area contributed by atoms with Crippen LogP contribution in [-0.2, 0) is 4.74 Å². The Morgan fingerprint density at radius 1 is 1.19 bits per heavy atom. The van der Waals surface area contributed by atoms with E-state index in [9.17, 15) is 14.9 Å². The number of ether oxygens (including phenoxy) is 1. The first kappa shape index (κ1) is 23.2. The van der Waals surface area contributed by atoms with Gasteiger partial charge >= 0.3 is 12.0 Å². The van der Waals surface area contributed by atoms with Crippen LogP contribution in [0.4, 0.5) is 9.80 Å². The average Bonchev–Trinajstić information content (AvgIpc) is 3.17. The van der Waals surface area contributed by atoms with Crippen LogP contribution in [0.25, 0.3) is 21.9 Å². The first-order chi connectivity index (χ1) is 15.3. The molecule has 3 aromatic rings. The predicted molar refractivity (Wildman–Crippen MR) is 127 cm³/mol. The van der Waals surface area contributed by atoms with Gasteiger partial charge < -0.3 is 4.74 Å². The molecule has 2 aromatic carbocycles. The average molecular weight is 451 g/mol. The lowest BCUT2D eigenvalue weighted by atomic mass is 9.99. The lowest BCUT2D eigenvalue weighted by Crippen LogP contribution is -2.39. The van der Waals surface area contributed by atoms with Crippen LogP contribution >= 0.6 is 11.5 Å². The topological polar surface area (TPSA) is 86.5 Å². The van der Waals surface area contributed by atoms with Crippen LogP contribution in [-0.4, -0.2) is 42.0 Å². The maximum absolute atomic E-state index is 13.0. The first-order valence-corrected chi connectivity index (χ1v) is 11.1. The van der Waals surface area contributed by atoms with Crippen LogP contribution in [0, 0.1) is 24.3 Å². The van der Waals surface area contributed by atoms with Crippen molar-refractivity contribution >= 4 is 39.3 Å². The highest BCUT2D eigenvalue weighted by atomic mass is 32.1. The lowest BCUT2D eigenvalue weighted by Gasteiger charge is -2.25. The molecule has 3 rings (SSSR count). The summed E-state index contributed by atoms with van der Waals surface area (Å²) in [7, 11) is 2.83. The molecule has 166 valence electrons. The Kier molecular flexibility index (Phi) is 7.11. The van der Waals surface area contributed by atoms with E-state index in [1.807, 2.05) is 37.4 Å². The number of anilines is 1. The number of urea groups is 1. The molecule has 0 aliphatic heterocycles. The Balaban J connectivity index is 2.07. The summed E-state index contributed by atoms with van der Waals surface area (Å²) in [4.78, 5) is 27.5. The summed E-state index contributed by atoms with van der Waals surface area (Å²) in [6.45, 7) is 6.61. The van der Waals surface area contributed by atoms with Crippen molar-refractivity contribution in [3.63, 3.8) is 0 Å². The van der Waals surface area contributed by atoms with Crippen molar-refractivity contribution in [2.45, 2.75) is 27.2 Å². The fourth-order valence-corrected chi connectivity index (χ4v) is 4.36. The molecular formula is C24H26N4O3S. The van der Waals surface area contributed by atoms with Crippen LogP contribution in [0.5, 0.6) is 0 Å². The molecule has 32 heavy (non-hydrogen) atoms. The summed E-state index contributed by atoms with van der Waals surface area (Å²) in [5, 5.41) is 11.8. The van der Waals surface area contributed by atoms with E-state index in [1.54, 1.807) is 17.0 Å². The molecule has 0 bridgehead atoms. The van der Waals surface area contributed by atoms with Gasteiger partial charge in [0.2, 0.25) is 0 Å². The minimum atomic E-state index is -0.378. The third-order valence-electron chi connectivity index (χ3n) is 5.24. The summed E-state index contributed by atoms with van der Waals surface area (Å²) < 4.78 is 9.33. The molecule has 0 unspecified atom stereocenters. The van der Waals surface area contributed by atoms with E-state index in [-0.39, 0.29) is 12.0 Å². The summed E-state index contributed by atoms with van der Waals surface area (Å²) in [6.07, 6.45) is 2.70. The fourth-order valence-electron chi connectivity index (χ4n) is 3.42. The number of carbonyl (C=O) groups is 2. The standard InChI is InChI=1S/C24H26N4O3S/c1-15(2)10-11-28(24(30)27(4)14-25)22-21(16(3)26-32-22)19-8-6-18-13-20(23(29)31-5)9-7-17(18)12-19/h6-9,12-13,15H,10-11H2,1-5H3. The summed E-state index contributed by atoms with van der Waals surface area (Å²) in [5.41, 5.74) is 3.10. The number of nitriles is 1. The van der Waals surface area contributed by atoms with E-state index in [0.717, 1.165) is 43.9 Å². The number of methoxy groups -OCH3 is 1. The minimum Gasteiger partial charge on any atom is -0.465 e. The van der Waals surface area contributed by atoms with Crippen LogP contribution in [0.2, 0.25) is 0 Å². The number of benzene rings is 2. The second kappa shape index (κ2) is 9.79. The summed E-state index contributed by atoms with van der Waals surface area (Å²) in [5.74, 6) is 0.0249. The second-order valence-corrected chi connectivity index (χ2v) is 8.74. The summed E-state index contributed by atoms with van der Waals surface area (Å²) >= 11 is 1.26.